The molecule has 0 aliphatic carbocycles. The third kappa shape index (κ3) is 17.6. The quantitative estimate of drug-likeness (QED) is 0.0241. The van der Waals surface area contributed by atoms with E-state index in [1.165, 1.54) is 46.5 Å². The summed E-state index contributed by atoms with van der Waals surface area (Å²) in [6.07, 6.45) is 1.86. The smallest absolute Gasteiger partial charge is 1.00 e. The molecule has 2 heterocycles. The van der Waals surface area contributed by atoms with E-state index in [1.54, 1.807) is 52.7 Å². The Hall–Kier alpha value is -3.86. The fourth-order valence-electron chi connectivity index (χ4n) is 7.96. The topological polar surface area (TPSA) is 267 Å². The van der Waals surface area contributed by atoms with Gasteiger partial charge in [-0.05, 0) is 117 Å². The summed E-state index contributed by atoms with van der Waals surface area (Å²) in [6, 6.07) is 41.9. The van der Waals surface area contributed by atoms with Crippen LogP contribution in [-0.4, -0.2) is 69.7 Å². The standard InChI is InChI=1S/C24H24N4O4S.C17H19NO2.C7H6BrN3O2S.CH2O3.2K.H/c1-31-22-14-19-12-13-28(16-17-8-10-20(11-9-17)33(29,30)27-26-25)24(18-6-4-3-5-7-18)21(19)15-23(22)32-2;1-19-15-10-13-8-9-18-17(12-6-4-3-5-7-12)14(13)11-16(15)20-2;8-5-6-1-3-7(4-2-6)14(12,13)11-10-9;2-1-4-3;;;/h3-11,14-15,24H,12-13,16H2,1-2H3;3-7,10-11,17-18H,8-9H2,1-2H3;1-4H,5H2;1,3H;;;/q;;;;2*+1;-1/p-1. The number of halogens is 1. The van der Waals surface area contributed by atoms with Crippen LogP contribution in [0.5, 0.6) is 23.0 Å². The number of rotatable bonds is 14. The molecule has 0 fully saturated rings. The summed E-state index contributed by atoms with van der Waals surface area (Å²) in [4.78, 5) is 18.2. The predicted molar refractivity (Wildman–Crippen MR) is 268 cm³/mol. The molecule has 24 heteroatoms. The number of carbonyl (C=O) groups excluding carboxylic acids is 1. The van der Waals surface area contributed by atoms with E-state index in [9.17, 15) is 16.8 Å². The molecule has 8 rings (SSSR count). The van der Waals surface area contributed by atoms with E-state index in [1.807, 2.05) is 30.3 Å². The fourth-order valence-corrected chi connectivity index (χ4v) is 9.68. The summed E-state index contributed by atoms with van der Waals surface area (Å²) >= 11 is 3.23. The predicted octanol–water partition coefficient (Wildman–Crippen LogP) is 2.93. The first-order valence-corrected chi connectivity index (χ1v) is 25.5. The first-order valence-electron chi connectivity index (χ1n) is 21.5. The van der Waals surface area contributed by atoms with Crippen LogP contribution in [0.3, 0.4) is 0 Å². The Morgan fingerprint density at radius 1 is 0.671 bits per heavy atom. The molecule has 0 amide bonds. The monoisotopic (exact) mass is 1150 g/mol. The molecular weight excluding hydrogens is 1100 g/mol. The van der Waals surface area contributed by atoms with Gasteiger partial charge in [0.2, 0.25) is 0 Å². The number of methoxy groups -OCH3 is 4. The van der Waals surface area contributed by atoms with Gasteiger partial charge in [-0.25, -0.2) is 16.8 Å². The molecule has 0 radical (unpaired) electrons. The molecule has 2 atom stereocenters. The number of benzene rings is 6. The Morgan fingerprint density at radius 3 is 1.53 bits per heavy atom. The van der Waals surface area contributed by atoms with Crippen molar-refractivity contribution in [2.24, 2.45) is 9.04 Å². The molecule has 0 spiro atoms. The van der Waals surface area contributed by atoms with Crippen molar-refractivity contribution >= 4 is 42.4 Å². The molecule has 0 saturated heterocycles. The summed E-state index contributed by atoms with van der Waals surface area (Å²) < 4.78 is 73.9. The third-order valence-corrected chi connectivity index (χ3v) is 14.2. The van der Waals surface area contributed by atoms with Crippen LogP contribution in [0.25, 0.3) is 20.9 Å². The summed E-state index contributed by atoms with van der Waals surface area (Å²) in [7, 11) is -1.21. The number of hydrogen-bond acceptors (Lipinski definition) is 13. The molecular formula is C49H51BrK2N8O11S2. The van der Waals surface area contributed by atoms with Crippen molar-refractivity contribution in [3.05, 3.63) is 199 Å². The van der Waals surface area contributed by atoms with Crippen molar-refractivity contribution in [3.8, 4) is 23.0 Å². The van der Waals surface area contributed by atoms with E-state index >= 15 is 0 Å². The molecule has 6 aromatic rings. The van der Waals surface area contributed by atoms with Crippen LogP contribution < -0.4 is 132 Å². The van der Waals surface area contributed by atoms with Crippen LogP contribution in [0, 0.1) is 0 Å². The van der Waals surface area contributed by atoms with Crippen LogP contribution in [0.1, 0.15) is 58.0 Å². The molecule has 2 unspecified atom stereocenters. The van der Waals surface area contributed by atoms with E-state index in [2.05, 4.69) is 104 Å². The Balaban J connectivity index is 0.000000390. The number of nitrogens with one attached hydrogen (secondary N) is 1. The van der Waals surface area contributed by atoms with Crippen molar-refractivity contribution in [3.63, 3.8) is 0 Å². The summed E-state index contributed by atoms with van der Waals surface area (Å²) in [5.74, 6) is 3.00. The minimum Gasteiger partial charge on any atom is -1.00 e. The minimum atomic E-state index is -4.00. The third-order valence-electron chi connectivity index (χ3n) is 11.2. The van der Waals surface area contributed by atoms with Gasteiger partial charge in [0.25, 0.3) is 26.5 Å². The van der Waals surface area contributed by atoms with Crippen molar-refractivity contribution in [1.82, 2.24) is 10.2 Å². The summed E-state index contributed by atoms with van der Waals surface area (Å²) in [5, 5.41) is 12.7. The fraction of sp³-hybridized carbons (Fsp3) is 0.245. The summed E-state index contributed by atoms with van der Waals surface area (Å²) in [5.41, 5.74) is 25.8. The Kier molecular flexibility index (Phi) is 27.7. The number of alkyl halides is 1. The van der Waals surface area contributed by atoms with Gasteiger partial charge in [-0.15, -0.1) is 0 Å². The van der Waals surface area contributed by atoms with Crippen LogP contribution in [-0.2, 0) is 54.4 Å². The SMILES string of the molecule is COc1cc2c(cc1OC)C(c1ccccc1)N(Cc1ccc(S(=O)(=O)N=[N+]=[N-])cc1)CC2.COc1cc2c(cc1OC)C(c1ccccc1)NCC2.O=CO[O-].[H-].[K+].[K+].[N-]=[N+]=NS(=O)(=O)c1ccc(CBr)cc1. The molecule has 374 valence electrons. The van der Waals surface area contributed by atoms with Crippen LogP contribution >= 0.6 is 15.9 Å². The van der Waals surface area contributed by atoms with Crippen LogP contribution in [0.2, 0.25) is 0 Å². The number of carbonyl (C=O) groups is 1. The maximum atomic E-state index is 12.0. The average molecular weight is 1150 g/mol. The second-order valence-corrected chi connectivity index (χ2v) is 19.0. The van der Waals surface area contributed by atoms with Crippen molar-refractivity contribution in [1.29, 1.82) is 0 Å². The number of ether oxygens (including phenoxy) is 4. The Morgan fingerprint density at radius 2 is 1.10 bits per heavy atom. The molecule has 6 aromatic carbocycles. The number of azide groups is 2. The van der Waals surface area contributed by atoms with Gasteiger partial charge in [0.15, 0.2) is 23.0 Å². The number of nitrogens with zero attached hydrogens (tertiary/aromatic N) is 7. The van der Waals surface area contributed by atoms with E-state index in [0.717, 1.165) is 59.7 Å². The van der Waals surface area contributed by atoms with Crippen molar-refractivity contribution in [2.45, 2.75) is 46.6 Å². The van der Waals surface area contributed by atoms with Crippen molar-refractivity contribution < 1.29 is 155 Å². The normalized spacial score (nSPS) is 14.3. The van der Waals surface area contributed by atoms with Gasteiger partial charge >= 0.3 is 103 Å². The number of fused-ring (bicyclic) bond motifs is 2. The van der Waals surface area contributed by atoms with Gasteiger partial charge in [-0.2, -0.15) is 0 Å². The van der Waals surface area contributed by atoms with Gasteiger partial charge in [0, 0.05) is 43.8 Å². The van der Waals surface area contributed by atoms with E-state index < -0.39 is 20.0 Å². The molecule has 0 aromatic heterocycles. The van der Waals surface area contributed by atoms with Gasteiger partial charge in [0.1, 0.15) is 0 Å². The maximum absolute atomic E-state index is 12.0. The number of sulfonamides is 2. The van der Waals surface area contributed by atoms with Gasteiger partial charge < -0.3 is 35.8 Å². The zero-order valence-electron chi connectivity index (χ0n) is 42.0. The zero-order chi connectivity index (χ0) is 51.4. The van der Waals surface area contributed by atoms with Gasteiger partial charge in [0.05, 0.1) is 50.3 Å². The van der Waals surface area contributed by atoms with Gasteiger partial charge in [-0.3, -0.25) is 9.69 Å². The molecule has 0 bridgehead atoms. The minimum absolute atomic E-state index is 0. The Bertz CT molecular complexity index is 3060. The average Bonchev–Trinajstić information content (AvgIpc) is 3.40. The second kappa shape index (κ2) is 31.9. The largest absolute Gasteiger partial charge is 1.00 e. The molecule has 2 aliphatic rings. The van der Waals surface area contributed by atoms with E-state index in [-0.39, 0.29) is 133 Å². The molecule has 73 heavy (non-hydrogen) atoms. The van der Waals surface area contributed by atoms with Crippen LogP contribution in [0.4, 0.5) is 0 Å². The first kappa shape index (κ1) is 63.4. The number of hydrogen-bond donors (Lipinski definition) is 1. The van der Waals surface area contributed by atoms with E-state index in [4.69, 9.17) is 40.1 Å². The molecule has 0 saturated carbocycles. The molecule has 1 N–H and O–H groups in total. The maximum Gasteiger partial charge on any atom is 1.00 e. The zero-order valence-corrected chi connectivity index (χ0v) is 50.5. The van der Waals surface area contributed by atoms with Gasteiger partial charge in [-0.1, -0.05) is 101 Å². The molecule has 2 aliphatic heterocycles. The van der Waals surface area contributed by atoms with E-state index in [0.29, 0.717) is 23.4 Å². The molecule has 19 nitrogen and oxygen atoms in total. The van der Waals surface area contributed by atoms with Crippen molar-refractivity contribution in [2.75, 3.05) is 41.5 Å². The van der Waals surface area contributed by atoms with Crippen LogP contribution in [0.15, 0.2) is 152 Å². The Labute approximate surface area is 519 Å². The first-order chi connectivity index (χ1) is 34.3. The summed E-state index contributed by atoms with van der Waals surface area (Å²) in [6.45, 7) is 2.23. The second-order valence-electron chi connectivity index (χ2n) is 15.3.